The van der Waals surface area contributed by atoms with Crippen LogP contribution in [0.3, 0.4) is 0 Å². The van der Waals surface area contributed by atoms with E-state index in [1.54, 1.807) is 0 Å². The molecule has 26 heavy (non-hydrogen) atoms. The molecular formula is C22H37N3O. The van der Waals surface area contributed by atoms with Crippen molar-refractivity contribution in [2.24, 2.45) is 5.92 Å². The summed E-state index contributed by atoms with van der Waals surface area (Å²) in [7, 11) is 0. The topological polar surface area (TPSA) is 38.2 Å². The van der Waals surface area contributed by atoms with Gasteiger partial charge in [-0.1, -0.05) is 13.8 Å². The number of hydrogen-bond acceptors (Lipinski definition) is 4. The molecular weight excluding hydrogens is 322 g/mol. The summed E-state index contributed by atoms with van der Waals surface area (Å²) in [6.07, 6.45) is 12.4. The van der Waals surface area contributed by atoms with E-state index in [-0.39, 0.29) is 0 Å². The van der Waals surface area contributed by atoms with Crippen LogP contribution in [0.1, 0.15) is 89.4 Å². The van der Waals surface area contributed by atoms with Gasteiger partial charge in [0.1, 0.15) is 5.82 Å². The predicted octanol–water partition coefficient (Wildman–Crippen LogP) is 4.76. The highest BCUT2D eigenvalue weighted by molar-refractivity contribution is 5.14. The van der Waals surface area contributed by atoms with Crippen molar-refractivity contribution in [3.63, 3.8) is 0 Å². The number of hydrogen-bond donors (Lipinski definition) is 0. The average Bonchev–Trinajstić information content (AvgIpc) is 2.67. The molecule has 0 spiro atoms. The Kier molecular flexibility index (Phi) is 7.05. The van der Waals surface area contributed by atoms with Gasteiger partial charge in [0.2, 0.25) is 0 Å². The van der Waals surface area contributed by atoms with Gasteiger partial charge in [0.25, 0.3) is 0 Å². The van der Waals surface area contributed by atoms with Gasteiger partial charge in [0.05, 0.1) is 6.10 Å². The SMILES string of the molecule is CC(C)OC[C@H]1CC[C@@H](N2CCC(c3cnc(C(C)C)nc3)CC2)CC1. The van der Waals surface area contributed by atoms with Gasteiger partial charge >= 0.3 is 0 Å². The van der Waals surface area contributed by atoms with Gasteiger partial charge in [0.15, 0.2) is 0 Å². The van der Waals surface area contributed by atoms with Crippen molar-refractivity contribution in [2.45, 2.75) is 90.2 Å². The van der Waals surface area contributed by atoms with Crippen LogP contribution in [0.4, 0.5) is 0 Å². The smallest absolute Gasteiger partial charge is 0.130 e. The molecule has 0 radical (unpaired) electrons. The number of likely N-dealkylation sites (tertiary alicyclic amines) is 1. The van der Waals surface area contributed by atoms with Crippen LogP contribution >= 0.6 is 0 Å². The molecule has 3 rings (SSSR count). The first kappa shape index (κ1) is 19.8. The predicted molar refractivity (Wildman–Crippen MR) is 107 cm³/mol. The van der Waals surface area contributed by atoms with Crippen LogP contribution in [0, 0.1) is 5.92 Å². The summed E-state index contributed by atoms with van der Waals surface area (Å²) >= 11 is 0. The fourth-order valence-corrected chi connectivity index (χ4v) is 4.46. The summed E-state index contributed by atoms with van der Waals surface area (Å²) in [5, 5.41) is 0. The number of aromatic nitrogens is 2. The summed E-state index contributed by atoms with van der Waals surface area (Å²) < 4.78 is 5.82. The van der Waals surface area contributed by atoms with Crippen LogP contribution in [0.2, 0.25) is 0 Å². The zero-order valence-electron chi connectivity index (χ0n) is 17.2. The normalized spacial score (nSPS) is 25.9. The van der Waals surface area contributed by atoms with Gasteiger partial charge in [-0.2, -0.15) is 0 Å². The molecule has 0 atom stereocenters. The van der Waals surface area contributed by atoms with E-state index in [4.69, 9.17) is 4.74 Å². The zero-order chi connectivity index (χ0) is 18.5. The molecule has 146 valence electrons. The van der Waals surface area contributed by atoms with Gasteiger partial charge in [-0.25, -0.2) is 9.97 Å². The molecule has 2 aliphatic rings. The van der Waals surface area contributed by atoms with Crippen molar-refractivity contribution in [1.29, 1.82) is 0 Å². The van der Waals surface area contributed by atoms with Crippen LogP contribution in [0.25, 0.3) is 0 Å². The Morgan fingerprint density at radius 1 is 0.962 bits per heavy atom. The van der Waals surface area contributed by atoms with Gasteiger partial charge in [-0.05, 0) is 82.9 Å². The second kappa shape index (κ2) is 9.27. The molecule has 1 aliphatic carbocycles. The minimum absolute atomic E-state index is 0.366. The minimum atomic E-state index is 0.366. The number of piperidine rings is 1. The minimum Gasteiger partial charge on any atom is -0.379 e. The molecule has 4 nitrogen and oxygen atoms in total. The van der Waals surface area contributed by atoms with E-state index in [2.05, 4.69) is 55.0 Å². The first-order chi connectivity index (χ1) is 12.5. The van der Waals surface area contributed by atoms with E-state index < -0.39 is 0 Å². The van der Waals surface area contributed by atoms with Gasteiger partial charge in [-0.15, -0.1) is 0 Å². The third-order valence-corrected chi connectivity index (χ3v) is 6.21. The van der Waals surface area contributed by atoms with E-state index in [0.717, 1.165) is 24.4 Å². The molecule has 0 N–H and O–H groups in total. The quantitative estimate of drug-likeness (QED) is 0.734. The molecule has 0 aromatic carbocycles. The molecule has 1 aromatic rings. The summed E-state index contributed by atoms with van der Waals surface area (Å²) in [6.45, 7) is 12.0. The molecule has 2 fully saturated rings. The Balaban J connectivity index is 1.43. The fraction of sp³-hybridized carbons (Fsp3) is 0.818. The molecule has 0 amide bonds. The van der Waals surface area contributed by atoms with Crippen molar-refractivity contribution >= 4 is 0 Å². The molecule has 1 aromatic heterocycles. The van der Waals surface area contributed by atoms with E-state index in [0.29, 0.717) is 17.9 Å². The maximum absolute atomic E-state index is 5.82. The van der Waals surface area contributed by atoms with E-state index in [9.17, 15) is 0 Å². The highest BCUT2D eigenvalue weighted by atomic mass is 16.5. The average molecular weight is 360 g/mol. The Hall–Kier alpha value is -1.00. The second-order valence-corrected chi connectivity index (χ2v) is 8.90. The monoisotopic (exact) mass is 359 g/mol. The third kappa shape index (κ3) is 5.26. The molecule has 1 saturated heterocycles. The lowest BCUT2D eigenvalue weighted by atomic mass is 9.83. The van der Waals surface area contributed by atoms with E-state index in [1.807, 2.05) is 0 Å². The lowest BCUT2D eigenvalue weighted by Crippen LogP contribution is -2.43. The van der Waals surface area contributed by atoms with Crippen LogP contribution in [-0.4, -0.2) is 46.7 Å². The van der Waals surface area contributed by atoms with Crippen molar-refractivity contribution in [1.82, 2.24) is 14.9 Å². The van der Waals surface area contributed by atoms with Crippen molar-refractivity contribution in [3.05, 3.63) is 23.8 Å². The maximum Gasteiger partial charge on any atom is 0.130 e. The van der Waals surface area contributed by atoms with Crippen LogP contribution < -0.4 is 0 Å². The lowest BCUT2D eigenvalue weighted by molar-refractivity contribution is 0.0269. The lowest BCUT2D eigenvalue weighted by Gasteiger charge is -2.41. The first-order valence-corrected chi connectivity index (χ1v) is 10.7. The van der Waals surface area contributed by atoms with Gasteiger partial charge in [0, 0.05) is 31.0 Å². The Morgan fingerprint density at radius 2 is 1.58 bits per heavy atom. The van der Waals surface area contributed by atoms with Crippen LogP contribution in [-0.2, 0) is 4.74 Å². The third-order valence-electron chi connectivity index (χ3n) is 6.21. The van der Waals surface area contributed by atoms with Gasteiger partial charge in [-0.3, -0.25) is 0 Å². The van der Waals surface area contributed by atoms with Gasteiger partial charge < -0.3 is 9.64 Å². The zero-order valence-corrected chi connectivity index (χ0v) is 17.2. The largest absolute Gasteiger partial charge is 0.379 e. The highest BCUT2D eigenvalue weighted by Crippen LogP contribution is 2.33. The molecule has 1 saturated carbocycles. The molecule has 4 heteroatoms. The Morgan fingerprint density at radius 3 is 2.12 bits per heavy atom. The van der Waals surface area contributed by atoms with Crippen LogP contribution in [0.15, 0.2) is 12.4 Å². The number of nitrogens with zero attached hydrogens (tertiary/aromatic N) is 3. The second-order valence-electron chi connectivity index (χ2n) is 8.90. The summed E-state index contributed by atoms with van der Waals surface area (Å²) in [4.78, 5) is 11.9. The standard InChI is InChI=1S/C22H37N3O/c1-16(2)22-23-13-20(14-24-22)19-9-11-25(12-10-19)21-7-5-18(6-8-21)15-26-17(3)4/h13-14,16-19,21H,5-12,15H2,1-4H3/t18-,21+. The molecule has 0 unspecified atom stereocenters. The maximum atomic E-state index is 5.82. The van der Waals surface area contributed by atoms with Crippen molar-refractivity contribution in [2.75, 3.05) is 19.7 Å². The molecule has 2 heterocycles. The Bertz CT molecular complexity index is 527. The Labute approximate surface area is 159 Å². The molecule has 0 bridgehead atoms. The summed E-state index contributed by atoms with van der Waals surface area (Å²) in [5.74, 6) is 2.79. The highest BCUT2D eigenvalue weighted by Gasteiger charge is 2.29. The van der Waals surface area contributed by atoms with E-state index >= 15 is 0 Å². The number of rotatable bonds is 6. The molecule has 1 aliphatic heterocycles. The number of ether oxygens (including phenoxy) is 1. The van der Waals surface area contributed by atoms with Crippen molar-refractivity contribution < 1.29 is 4.74 Å². The van der Waals surface area contributed by atoms with E-state index in [1.165, 1.54) is 57.2 Å². The van der Waals surface area contributed by atoms with Crippen molar-refractivity contribution in [3.8, 4) is 0 Å². The first-order valence-electron chi connectivity index (χ1n) is 10.7. The summed E-state index contributed by atoms with van der Waals surface area (Å²) in [6, 6.07) is 0.797. The van der Waals surface area contributed by atoms with Crippen LogP contribution in [0.5, 0.6) is 0 Å². The summed E-state index contributed by atoms with van der Waals surface area (Å²) in [5.41, 5.74) is 1.34. The fourth-order valence-electron chi connectivity index (χ4n) is 4.46.